The van der Waals surface area contributed by atoms with Crippen molar-refractivity contribution in [2.45, 2.75) is 0 Å². The Morgan fingerprint density at radius 1 is 1.05 bits per heavy atom. The monoisotopic (exact) mass is 279 g/mol. The molecule has 1 aromatic heterocycles. The first-order valence-corrected chi connectivity index (χ1v) is 6.42. The van der Waals surface area contributed by atoms with Gasteiger partial charge >= 0.3 is 0 Å². The average Bonchev–Trinajstić information content (AvgIpc) is 2.91. The molecule has 1 heterocycles. The number of nitrogens with one attached hydrogen (secondary N) is 2. The van der Waals surface area contributed by atoms with Gasteiger partial charge in [0.2, 0.25) is 0 Å². The van der Waals surface area contributed by atoms with Crippen molar-refractivity contribution in [1.82, 2.24) is 4.98 Å². The van der Waals surface area contributed by atoms with Crippen LogP contribution in [0.2, 0.25) is 0 Å². The fraction of sp³-hybridized carbons (Fsp3) is 0. The van der Waals surface area contributed by atoms with Crippen LogP contribution in [0.1, 0.15) is 20.7 Å². The Kier molecular flexibility index (Phi) is 3.16. The van der Waals surface area contributed by atoms with Gasteiger partial charge in [-0.3, -0.25) is 9.59 Å². The van der Waals surface area contributed by atoms with Crippen molar-refractivity contribution in [2.24, 2.45) is 5.73 Å². The second-order valence-electron chi connectivity index (χ2n) is 4.65. The highest BCUT2D eigenvalue weighted by Crippen LogP contribution is 2.22. The van der Waals surface area contributed by atoms with Gasteiger partial charge in [-0.25, -0.2) is 0 Å². The third-order valence-electron chi connectivity index (χ3n) is 3.24. The first kappa shape index (κ1) is 12.9. The summed E-state index contributed by atoms with van der Waals surface area (Å²) < 4.78 is 0. The van der Waals surface area contributed by atoms with E-state index in [1.807, 2.05) is 6.07 Å². The number of hydrogen-bond acceptors (Lipinski definition) is 2. The number of nitrogens with two attached hydrogens (primary N) is 1. The van der Waals surface area contributed by atoms with E-state index in [9.17, 15) is 9.59 Å². The largest absolute Gasteiger partial charge is 0.366 e. The van der Waals surface area contributed by atoms with Crippen molar-refractivity contribution >= 4 is 28.4 Å². The molecular weight excluding hydrogens is 266 g/mol. The van der Waals surface area contributed by atoms with E-state index in [4.69, 9.17) is 5.73 Å². The van der Waals surface area contributed by atoms with Gasteiger partial charge < -0.3 is 16.0 Å². The van der Waals surface area contributed by atoms with Gasteiger partial charge in [-0.05, 0) is 30.3 Å². The molecule has 21 heavy (non-hydrogen) atoms. The number of aromatic nitrogens is 1. The maximum atomic E-state index is 12.1. The van der Waals surface area contributed by atoms with Gasteiger partial charge in [0.15, 0.2) is 0 Å². The van der Waals surface area contributed by atoms with Gasteiger partial charge in [0.05, 0.1) is 5.56 Å². The van der Waals surface area contributed by atoms with Crippen molar-refractivity contribution in [3.05, 3.63) is 65.9 Å². The number of carbonyl (C=O) groups excluding carboxylic acids is 2. The second kappa shape index (κ2) is 5.13. The van der Waals surface area contributed by atoms with E-state index in [0.29, 0.717) is 22.2 Å². The molecule has 0 fully saturated rings. The summed E-state index contributed by atoms with van der Waals surface area (Å²) in [7, 11) is 0. The van der Waals surface area contributed by atoms with Crippen LogP contribution in [0.3, 0.4) is 0 Å². The average molecular weight is 279 g/mol. The lowest BCUT2D eigenvalue weighted by molar-refractivity contribution is 0.0999. The summed E-state index contributed by atoms with van der Waals surface area (Å²) in [6, 6.07) is 14.2. The Hall–Kier alpha value is -3.08. The molecule has 0 aliphatic heterocycles. The van der Waals surface area contributed by atoms with E-state index >= 15 is 0 Å². The Bertz CT molecular complexity index is 822. The van der Waals surface area contributed by atoms with E-state index in [0.717, 1.165) is 5.52 Å². The molecule has 0 atom stereocenters. The normalized spacial score (nSPS) is 10.5. The zero-order valence-electron chi connectivity index (χ0n) is 11.1. The van der Waals surface area contributed by atoms with Crippen LogP contribution in [0.15, 0.2) is 54.7 Å². The van der Waals surface area contributed by atoms with Crippen molar-refractivity contribution in [3.63, 3.8) is 0 Å². The highest BCUT2D eigenvalue weighted by Gasteiger charge is 2.10. The van der Waals surface area contributed by atoms with Crippen LogP contribution in [0.25, 0.3) is 10.9 Å². The van der Waals surface area contributed by atoms with Crippen molar-refractivity contribution < 1.29 is 9.59 Å². The van der Waals surface area contributed by atoms with Crippen LogP contribution in [0, 0.1) is 0 Å². The minimum Gasteiger partial charge on any atom is -0.366 e. The molecule has 0 unspecified atom stereocenters. The van der Waals surface area contributed by atoms with Gasteiger partial charge in [-0.2, -0.15) is 0 Å². The number of carbonyl (C=O) groups is 2. The molecule has 5 nitrogen and oxygen atoms in total. The van der Waals surface area contributed by atoms with Crippen molar-refractivity contribution in [1.29, 1.82) is 0 Å². The van der Waals surface area contributed by atoms with E-state index < -0.39 is 5.91 Å². The van der Waals surface area contributed by atoms with Crippen LogP contribution in [0.5, 0.6) is 0 Å². The quantitative estimate of drug-likeness (QED) is 0.687. The number of anilines is 1. The van der Waals surface area contributed by atoms with Crippen LogP contribution in [-0.4, -0.2) is 16.8 Å². The molecule has 0 spiro atoms. The Morgan fingerprint density at radius 2 is 1.81 bits per heavy atom. The van der Waals surface area contributed by atoms with E-state index in [1.165, 1.54) is 0 Å². The molecule has 2 aromatic carbocycles. The molecule has 0 aliphatic rings. The van der Waals surface area contributed by atoms with Crippen LogP contribution in [-0.2, 0) is 0 Å². The lowest BCUT2D eigenvalue weighted by Gasteiger charge is -2.05. The Balaban J connectivity index is 1.92. The highest BCUT2D eigenvalue weighted by molar-refractivity contribution is 6.09. The summed E-state index contributed by atoms with van der Waals surface area (Å²) in [5, 5.41) is 3.49. The molecule has 5 heteroatoms. The zero-order chi connectivity index (χ0) is 14.8. The van der Waals surface area contributed by atoms with Gasteiger partial charge in [-0.15, -0.1) is 0 Å². The van der Waals surface area contributed by atoms with Gasteiger partial charge in [0.1, 0.15) is 0 Å². The van der Waals surface area contributed by atoms with Gasteiger partial charge in [0, 0.05) is 28.4 Å². The molecule has 0 saturated heterocycles. The lowest BCUT2D eigenvalue weighted by atomic mass is 10.1. The van der Waals surface area contributed by atoms with Crippen molar-refractivity contribution in [2.75, 3.05) is 5.32 Å². The number of fused-ring (bicyclic) bond motifs is 1. The summed E-state index contributed by atoms with van der Waals surface area (Å²) in [4.78, 5) is 26.4. The third kappa shape index (κ3) is 2.49. The minimum absolute atomic E-state index is 0.203. The summed E-state index contributed by atoms with van der Waals surface area (Å²) in [6.07, 6.45) is 1.57. The summed E-state index contributed by atoms with van der Waals surface area (Å²) in [5.41, 5.74) is 7.70. The molecule has 0 bridgehead atoms. The van der Waals surface area contributed by atoms with E-state index in [1.54, 1.807) is 48.7 Å². The third-order valence-corrected chi connectivity index (χ3v) is 3.24. The molecular formula is C16H13N3O2. The summed E-state index contributed by atoms with van der Waals surface area (Å²) >= 11 is 0. The van der Waals surface area contributed by atoms with Gasteiger partial charge in [0.25, 0.3) is 11.8 Å². The number of H-pyrrole nitrogens is 1. The smallest absolute Gasteiger partial charge is 0.255 e. The summed E-state index contributed by atoms with van der Waals surface area (Å²) in [6.45, 7) is 0. The number of rotatable bonds is 3. The van der Waals surface area contributed by atoms with Crippen LogP contribution >= 0.6 is 0 Å². The molecule has 3 rings (SSSR count). The minimum atomic E-state index is -0.507. The number of benzene rings is 2. The van der Waals surface area contributed by atoms with E-state index in [-0.39, 0.29) is 5.91 Å². The predicted molar refractivity (Wildman–Crippen MR) is 81.2 cm³/mol. The number of hydrogen-bond donors (Lipinski definition) is 3. The highest BCUT2D eigenvalue weighted by atomic mass is 16.2. The van der Waals surface area contributed by atoms with Gasteiger partial charge in [-0.1, -0.05) is 18.2 Å². The SMILES string of the molecule is NC(=O)c1c[nH]c2ccc(NC(=O)c3ccccc3)cc12. The second-order valence-corrected chi connectivity index (χ2v) is 4.65. The lowest BCUT2D eigenvalue weighted by Crippen LogP contribution is -2.12. The molecule has 0 aliphatic carbocycles. The molecule has 3 aromatic rings. The number of amides is 2. The zero-order valence-corrected chi connectivity index (χ0v) is 11.1. The van der Waals surface area contributed by atoms with Crippen LogP contribution < -0.4 is 11.1 Å². The topological polar surface area (TPSA) is 88.0 Å². The molecule has 4 N–H and O–H groups in total. The predicted octanol–water partition coefficient (Wildman–Crippen LogP) is 2.52. The molecule has 0 saturated carbocycles. The Morgan fingerprint density at radius 3 is 2.52 bits per heavy atom. The van der Waals surface area contributed by atoms with Crippen molar-refractivity contribution in [3.8, 4) is 0 Å². The first-order chi connectivity index (χ1) is 10.1. The standard InChI is InChI=1S/C16H13N3O2/c17-15(20)13-9-18-14-7-6-11(8-12(13)14)19-16(21)10-4-2-1-3-5-10/h1-9,18H,(H2,17,20)(H,19,21). The fourth-order valence-corrected chi connectivity index (χ4v) is 2.20. The van der Waals surface area contributed by atoms with E-state index in [2.05, 4.69) is 10.3 Å². The number of aromatic amines is 1. The maximum absolute atomic E-state index is 12.1. The number of primary amides is 1. The fourth-order valence-electron chi connectivity index (χ4n) is 2.20. The Labute approximate surface area is 120 Å². The molecule has 2 amide bonds. The first-order valence-electron chi connectivity index (χ1n) is 6.42. The maximum Gasteiger partial charge on any atom is 0.255 e. The summed E-state index contributed by atoms with van der Waals surface area (Å²) in [5.74, 6) is -0.709. The molecule has 0 radical (unpaired) electrons. The molecule has 104 valence electrons. The van der Waals surface area contributed by atoms with Crippen LogP contribution in [0.4, 0.5) is 5.69 Å².